The van der Waals surface area contributed by atoms with Crippen LogP contribution in [0.4, 0.5) is 0 Å². The standard InChI is InChI=1S/C14H16N2O2/c1-3-13(17)15-9-11-5-7-12(8-6-11)10-16-14(18)4-2/h3-8H,1-2,9-10H2,(H,15,17)(H,16,18). The summed E-state index contributed by atoms with van der Waals surface area (Å²) in [4.78, 5) is 22.0. The summed E-state index contributed by atoms with van der Waals surface area (Å²) in [6.45, 7) is 7.68. The van der Waals surface area contributed by atoms with Gasteiger partial charge < -0.3 is 10.6 Å². The van der Waals surface area contributed by atoms with E-state index >= 15 is 0 Å². The Balaban J connectivity index is 2.47. The zero-order valence-corrected chi connectivity index (χ0v) is 10.1. The molecule has 0 aliphatic heterocycles. The first kappa shape index (κ1) is 13.7. The Morgan fingerprint density at radius 3 is 1.50 bits per heavy atom. The minimum atomic E-state index is -0.197. The van der Waals surface area contributed by atoms with E-state index in [4.69, 9.17) is 0 Å². The summed E-state index contributed by atoms with van der Waals surface area (Å²) in [5, 5.41) is 5.37. The highest BCUT2D eigenvalue weighted by atomic mass is 16.2. The predicted molar refractivity (Wildman–Crippen MR) is 70.5 cm³/mol. The van der Waals surface area contributed by atoms with Crippen LogP contribution in [0.1, 0.15) is 11.1 Å². The molecule has 0 aliphatic carbocycles. The van der Waals surface area contributed by atoms with Gasteiger partial charge in [0.1, 0.15) is 0 Å². The molecule has 0 spiro atoms. The van der Waals surface area contributed by atoms with Crippen molar-refractivity contribution in [1.82, 2.24) is 10.6 Å². The Kier molecular flexibility index (Phi) is 5.38. The van der Waals surface area contributed by atoms with E-state index in [1.54, 1.807) is 0 Å². The highest BCUT2D eigenvalue weighted by Gasteiger charge is 1.98. The first-order chi connectivity index (χ1) is 8.65. The number of amides is 2. The maximum atomic E-state index is 11.0. The lowest BCUT2D eigenvalue weighted by atomic mass is 10.1. The van der Waals surface area contributed by atoms with Gasteiger partial charge in [0.25, 0.3) is 0 Å². The molecule has 0 fully saturated rings. The lowest BCUT2D eigenvalue weighted by Crippen LogP contribution is -2.21. The first-order valence-corrected chi connectivity index (χ1v) is 5.54. The Bertz CT molecular complexity index is 406. The Labute approximate surface area is 106 Å². The zero-order valence-electron chi connectivity index (χ0n) is 10.1. The minimum absolute atomic E-state index is 0.197. The van der Waals surface area contributed by atoms with Crippen molar-refractivity contribution in [3.63, 3.8) is 0 Å². The number of nitrogens with one attached hydrogen (secondary N) is 2. The van der Waals surface area contributed by atoms with Crippen molar-refractivity contribution in [2.75, 3.05) is 0 Å². The summed E-state index contributed by atoms with van der Waals surface area (Å²) < 4.78 is 0. The molecule has 0 unspecified atom stereocenters. The number of hydrogen-bond donors (Lipinski definition) is 2. The molecule has 2 amide bonds. The largest absolute Gasteiger partial charge is 0.348 e. The van der Waals surface area contributed by atoms with Gasteiger partial charge in [0.2, 0.25) is 11.8 Å². The molecular formula is C14H16N2O2. The van der Waals surface area contributed by atoms with Crippen molar-refractivity contribution in [3.8, 4) is 0 Å². The van der Waals surface area contributed by atoms with Gasteiger partial charge in [-0.15, -0.1) is 0 Å². The smallest absolute Gasteiger partial charge is 0.243 e. The molecule has 94 valence electrons. The second kappa shape index (κ2) is 7.06. The van der Waals surface area contributed by atoms with Crippen LogP contribution in [0.15, 0.2) is 49.6 Å². The molecule has 0 aromatic heterocycles. The molecule has 18 heavy (non-hydrogen) atoms. The van der Waals surface area contributed by atoms with Crippen molar-refractivity contribution in [1.29, 1.82) is 0 Å². The van der Waals surface area contributed by atoms with Crippen LogP contribution in [0.2, 0.25) is 0 Å². The third-order valence-corrected chi connectivity index (χ3v) is 2.33. The SMILES string of the molecule is C=CC(=O)NCc1ccc(CNC(=O)C=C)cc1. The van der Waals surface area contributed by atoms with Crippen LogP contribution in [0, 0.1) is 0 Å². The predicted octanol–water partition coefficient (Wildman–Crippen LogP) is 1.29. The summed E-state index contributed by atoms with van der Waals surface area (Å²) >= 11 is 0. The fraction of sp³-hybridized carbons (Fsp3) is 0.143. The molecule has 0 heterocycles. The molecule has 0 saturated carbocycles. The average Bonchev–Trinajstić information content (AvgIpc) is 2.43. The summed E-state index contributed by atoms with van der Waals surface area (Å²) in [7, 11) is 0. The van der Waals surface area contributed by atoms with Crippen LogP contribution in [0.25, 0.3) is 0 Å². The van der Waals surface area contributed by atoms with Crippen molar-refractivity contribution in [2.24, 2.45) is 0 Å². The molecule has 0 atom stereocenters. The summed E-state index contributed by atoms with van der Waals surface area (Å²) in [5.74, 6) is -0.394. The van der Waals surface area contributed by atoms with Gasteiger partial charge in [-0.1, -0.05) is 37.4 Å². The molecule has 4 heteroatoms. The van der Waals surface area contributed by atoms with Crippen LogP contribution in [-0.4, -0.2) is 11.8 Å². The molecular weight excluding hydrogens is 228 g/mol. The van der Waals surface area contributed by atoms with Crippen molar-refractivity contribution >= 4 is 11.8 Å². The van der Waals surface area contributed by atoms with E-state index in [1.807, 2.05) is 24.3 Å². The summed E-state index contributed by atoms with van der Waals surface area (Å²) in [6, 6.07) is 7.61. The second-order valence-corrected chi connectivity index (χ2v) is 3.66. The van der Waals surface area contributed by atoms with Crippen LogP contribution in [0.3, 0.4) is 0 Å². The third-order valence-electron chi connectivity index (χ3n) is 2.33. The van der Waals surface area contributed by atoms with Gasteiger partial charge in [-0.2, -0.15) is 0 Å². The number of benzene rings is 1. The molecule has 0 bridgehead atoms. The number of carbonyl (C=O) groups excluding carboxylic acids is 2. The van der Waals surface area contributed by atoms with Crippen LogP contribution in [0.5, 0.6) is 0 Å². The number of carbonyl (C=O) groups is 2. The van der Waals surface area contributed by atoms with Crippen LogP contribution >= 0.6 is 0 Å². The quantitative estimate of drug-likeness (QED) is 0.741. The molecule has 1 aromatic rings. The van der Waals surface area contributed by atoms with Crippen LogP contribution < -0.4 is 10.6 Å². The molecule has 0 saturated heterocycles. The lowest BCUT2D eigenvalue weighted by molar-refractivity contribution is -0.117. The van der Waals surface area contributed by atoms with Gasteiger partial charge in [0.15, 0.2) is 0 Å². The molecule has 2 N–H and O–H groups in total. The Hall–Kier alpha value is -2.36. The maximum absolute atomic E-state index is 11.0. The van der Waals surface area contributed by atoms with Gasteiger partial charge in [0.05, 0.1) is 0 Å². The monoisotopic (exact) mass is 244 g/mol. The van der Waals surface area contributed by atoms with E-state index in [0.717, 1.165) is 11.1 Å². The highest BCUT2D eigenvalue weighted by Crippen LogP contribution is 2.04. The van der Waals surface area contributed by atoms with E-state index in [-0.39, 0.29) is 11.8 Å². The van der Waals surface area contributed by atoms with E-state index in [1.165, 1.54) is 12.2 Å². The second-order valence-electron chi connectivity index (χ2n) is 3.66. The molecule has 4 nitrogen and oxygen atoms in total. The number of rotatable bonds is 6. The minimum Gasteiger partial charge on any atom is -0.348 e. The van der Waals surface area contributed by atoms with Crippen molar-refractivity contribution in [3.05, 3.63) is 60.7 Å². The van der Waals surface area contributed by atoms with Crippen molar-refractivity contribution in [2.45, 2.75) is 13.1 Å². The highest BCUT2D eigenvalue weighted by molar-refractivity contribution is 5.87. The van der Waals surface area contributed by atoms with Gasteiger partial charge in [-0.05, 0) is 23.3 Å². The zero-order chi connectivity index (χ0) is 13.4. The third kappa shape index (κ3) is 4.65. The Morgan fingerprint density at radius 1 is 0.889 bits per heavy atom. The van der Waals surface area contributed by atoms with Gasteiger partial charge in [-0.3, -0.25) is 9.59 Å². The topological polar surface area (TPSA) is 58.2 Å². The summed E-state index contributed by atoms with van der Waals surface area (Å²) in [6.07, 6.45) is 2.47. The first-order valence-electron chi connectivity index (χ1n) is 5.54. The molecule has 0 aliphatic rings. The van der Waals surface area contributed by atoms with E-state index < -0.39 is 0 Å². The van der Waals surface area contributed by atoms with Gasteiger partial charge >= 0.3 is 0 Å². The van der Waals surface area contributed by atoms with Gasteiger partial charge in [-0.25, -0.2) is 0 Å². The Morgan fingerprint density at radius 2 is 1.22 bits per heavy atom. The lowest BCUT2D eigenvalue weighted by Gasteiger charge is -2.05. The maximum Gasteiger partial charge on any atom is 0.243 e. The molecule has 1 aromatic carbocycles. The summed E-state index contributed by atoms with van der Waals surface area (Å²) in [5.41, 5.74) is 1.98. The fourth-order valence-corrected chi connectivity index (χ4v) is 1.30. The van der Waals surface area contributed by atoms with Crippen LogP contribution in [-0.2, 0) is 22.7 Å². The van der Waals surface area contributed by atoms with Gasteiger partial charge in [0, 0.05) is 13.1 Å². The molecule has 1 rings (SSSR count). The molecule has 0 radical (unpaired) electrons. The van der Waals surface area contributed by atoms with E-state index in [2.05, 4.69) is 23.8 Å². The van der Waals surface area contributed by atoms with E-state index in [9.17, 15) is 9.59 Å². The van der Waals surface area contributed by atoms with E-state index in [0.29, 0.717) is 13.1 Å². The van der Waals surface area contributed by atoms with Crippen molar-refractivity contribution < 1.29 is 9.59 Å². The number of hydrogen-bond acceptors (Lipinski definition) is 2. The normalized spacial score (nSPS) is 9.33. The average molecular weight is 244 g/mol. The fourth-order valence-electron chi connectivity index (χ4n) is 1.30.